The molecule has 0 aliphatic carbocycles. The number of carbonyl (C=O) groups excluding carboxylic acids is 1. The smallest absolute Gasteiger partial charge is 0.227 e. The molecule has 0 spiro atoms. The predicted molar refractivity (Wildman–Crippen MR) is 131 cm³/mol. The Balaban J connectivity index is 1.22. The van der Waals surface area contributed by atoms with Crippen molar-refractivity contribution in [2.75, 3.05) is 23.3 Å². The van der Waals surface area contributed by atoms with E-state index in [1.807, 2.05) is 22.8 Å². The number of aryl methyl sites for hydroxylation is 3. The summed E-state index contributed by atoms with van der Waals surface area (Å²) in [6.45, 7) is 7.88. The number of anilines is 2. The molecule has 0 saturated carbocycles. The average Bonchev–Trinajstić information content (AvgIpc) is 3.36. The molecule has 0 radical (unpaired) electrons. The number of piperidine rings is 1. The molecule has 0 atom stereocenters. The summed E-state index contributed by atoms with van der Waals surface area (Å²) in [6.07, 6.45) is 3.64. The summed E-state index contributed by atoms with van der Waals surface area (Å²) < 4.78 is 1.87. The molecule has 32 heavy (non-hydrogen) atoms. The van der Waals surface area contributed by atoms with Gasteiger partial charge in [0.1, 0.15) is 0 Å². The molecule has 1 aliphatic heterocycles. The minimum Gasteiger partial charge on any atom is -0.347 e. The Bertz CT molecular complexity index is 1230. The first-order chi connectivity index (χ1) is 15.5. The SMILES string of the molecule is Cc1ccc(-c2cn3nc(N4CCC(C(=O)Nc5ccc(C)c(C)c5)CC4)sc3n2)cc1. The van der Waals surface area contributed by atoms with Crippen molar-refractivity contribution < 1.29 is 4.79 Å². The van der Waals surface area contributed by atoms with Crippen molar-refractivity contribution in [3.05, 3.63) is 65.4 Å². The van der Waals surface area contributed by atoms with Crippen LogP contribution in [0.3, 0.4) is 0 Å². The van der Waals surface area contributed by atoms with Gasteiger partial charge in [0.15, 0.2) is 0 Å². The van der Waals surface area contributed by atoms with Crippen molar-refractivity contribution in [3.63, 3.8) is 0 Å². The first kappa shape index (κ1) is 20.7. The van der Waals surface area contributed by atoms with Gasteiger partial charge in [0.05, 0.1) is 11.9 Å². The minimum absolute atomic E-state index is 0.0324. The molecule has 0 unspecified atom stereocenters. The Labute approximate surface area is 191 Å². The lowest BCUT2D eigenvalue weighted by molar-refractivity contribution is -0.120. The van der Waals surface area contributed by atoms with E-state index in [1.165, 1.54) is 16.7 Å². The average molecular weight is 446 g/mol. The molecule has 1 saturated heterocycles. The summed E-state index contributed by atoms with van der Waals surface area (Å²) in [6, 6.07) is 14.5. The molecule has 6 nitrogen and oxygen atoms in total. The number of nitrogens with zero attached hydrogens (tertiary/aromatic N) is 4. The van der Waals surface area contributed by atoms with Gasteiger partial charge < -0.3 is 10.2 Å². The largest absolute Gasteiger partial charge is 0.347 e. The van der Waals surface area contributed by atoms with Crippen LogP contribution in [0.2, 0.25) is 0 Å². The summed E-state index contributed by atoms with van der Waals surface area (Å²) in [7, 11) is 0. The summed E-state index contributed by atoms with van der Waals surface area (Å²) in [5.41, 5.74) is 6.59. The van der Waals surface area contributed by atoms with Crippen LogP contribution in [0.25, 0.3) is 16.2 Å². The van der Waals surface area contributed by atoms with Crippen molar-refractivity contribution >= 4 is 33.0 Å². The monoisotopic (exact) mass is 445 g/mol. The lowest BCUT2D eigenvalue weighted by atomic mass is 9.96. The molecule has 1 aliphatic rings. The van der Waals surface area contributed by atoms with Gasteiger partial charge in [0, 0.05) is 30.3 Å². The Morgan fingerprint density at radius 3 is 2.47 bits per heavy atom. The van der Waals surface area contributed by atoms with E-state index < -0.39 is 0 Å². The number of amides is 1. The van der Waals surface area contributed by atoms with Crippen LogP contribution in [0.5, 0.6) is 0 Å². The fourth-order valence-corrected chi connectivity index (χ4v) is 5.01. The van der Waals surface area contributed by atoms with Gasteiger partial charge in [0.2, 0.25) is 16.0 Å². The highest BCUT2D eigenvalue weighted by Crippen LogP contribution is 2.30. The van der Waals surface area contributed by atoms with Gasteiger partial charge in [0.25, 0.3) is 0 Å². The van der Waals surface area contributed by atoms with E-state index in [2.05, 4.69) is 61.3 Å². The fourth-order valence-electron chi connectivity index (χ4n) is 4.08. The molecule has 2 aromatic heterocycles. The number of carbonyl (C=O) groups is 1. The highest BCUT2D eigenvalue weighted by atomic mass is 32.1. The Morgan fingerprint density at radius 1 is 1.03 bits per heavy atom. The number of benzene rings is 2. The second-order valence-electron chi connectivity index (χ2n) is 8.65. The molecule has 1 fully saturated rings. The van der Waals surface area contributed by atoms with Gasteiger partial charge in [-0.15, -0.1) is 5.10 Å². The van der Waals surface area contributed by atoms with E-state index >= 15 is 0 Å². The van der Waals surface area contributed by atoms with Crippen LogP contribution in [-0.2, 0) is 4.79 Å². The number of imidazole rings is 1. The molecule has 164 valence electrons. The third-order valence-electron chi connectivity index (χ3n) is 6.29. The number of rotatable bonds is 4. The predicted octanol–water partition coefficient (Wildman–Crippen LogP) is 5.24. The zero-order chi connectivity index (χ0) is 22.2. The van der Waals surface area contributed by atoms with Gasteiger partial charge in [-0.1, -0.05) is 47.2 Å². The van der Waals surface area contributed by atoms with Crippen LogP contribution < -0.4 is 10.2 Å². The summed E-state index contributed by atoms with van der Waals surface area (Å²) >= 11 is 1.60. The number of aromatic nitrogens is 3. The second-order valence-corrected chi connectivity index (χ2v) is 9.59. The van der Waals surface area contributed by atoms with Gasteiger partial charge in [-0.3, -0.25) is 4.79 Å². The zero-order valence-electron chi connectivity index (χ0n) is 18.6. The number of fused-ring (bicyclic) bond motifs is 1. The molecule has 4 aromatic rings. The topological polar surface area (TPSA) is 62.5 Å². The van der Waals surface area contributed by atoms with Crippen LogP contribution in [0, 0.1) is 26.7 Å². The molecular weight excluding hydrogens is 418 g/mol. The molecule has 1 N–H and O–H groups in total. The van der Waals surface area contributed by atoms with E-state index in [0.29, 0.717) is 0 Å². The second kappa shape index (κ2) is 8.39. The maximum atomic E-state index is 12.7. The zero-order valence-corrected chi connectivity index (χ0v) is 19.4. The highest BCUT2D eigenvalue weighted by molar-refractivity contribution is 7.20. The van der Waals surface area contributed by atoms with Crippen LogP contribution in [0.15, 0.2) is 48.7 Å². The first-order valence-corrected chi connectivity index (χ1v) is 11.8. The third-order valence-corrected chi connectivity index (χ3v) is 7.27. The summed E-state index contributed by atoms with van der Waals surface area (Å²) in [5.74, 6) is 0.148. The lowest BCUT2D eigenvalue weighted by Crippen LogP contribution is -2.38. The van der Waals surface area contributed by atoms with E-state index in [9.17, 15) is 4.79 Å². The lowest BCUT2D eigenvalue weighted by Gasteiger charge is -2.30. The third kappa shape index (κ3) is 4.12. The van der Waals surface area contributed by atoms with Crippen LogP contribution in [0.4, 0.5) is 10.8 Å². The van der Waals surface area contributed by atoms with E-state index in [0.717, 1.165) is 53.0 Å². The van der Waals surface area contributed by atoms with Gasteiger partial charge >= 0.3 is 0 Å². The summed E-state index contributed by atoms with van der Waals surface area (Å²) in [4.78, 5) is 20.7. The first-order valence-electron chi connectivity index (χ1n) is 11.0. The number of hydrogen-bond acceptors (Lipinski definition) is 5. The van der Waals surface area contributed by atoms with Crippen molar-refractivity contribution in [1.29, 1.82) is 0 Å². The van der Waals surface area contributed by atoms with E-state index in [1.54, 1.807) is 11.3 Å². The Morgan fingerprint density at radius 2 is 1.78 bits per heavy atom. The van der Waals surface area contributed by atoms with E-state index in [-0.39, 0.29) is 11.8 Å². The summed E-state index contributed by atoms with van der Waals surface area (Å²) in [5, 5.41) is 8.81. The van der Waals surface area contributed by atoms with Crippen molar-refractivity contribution in [3.8, 4) is 11.3 Å². The van der Waals surface area contributed by atoms with E-state index in [4.69, 9.17) is 10.1 Å². The Hall–Kier alpha value is -3.19. The van der Waals surface area contributed by atoms with Crippen molar-refractivity contribution in [2.45, 2.75) is 33.6 Å². The van der Waals surface area contributed by atoms with Crippen LogP contribution >= 0.6 is 11.3 Å². The van der Waals surface area contributed by atoms with Gasteiger partial charge in [-0.2, -0.15) is 0 Å². The van der Waals surface area contributed by atoms with Crippen molar-refractivity contribution in [2.24, 2.45) is 5.92 Å². The quantitative estimate of drug-likeness (QED) is 0.467. The Kier molecular flexibility index (Phi) is 5.43. The van der Waals surface area contributed by atoms with Gasteiger partial charge in [-0.05, 0) is 56.9 Å². The molecule has 3 heterocycles. The normalized spacial score (nSPS) is 14.8. The van der Waals surface area contributed by atoms with Crippen molar-refractivity contribution in [1.82, 2.24) is 14.6 Å². The standard InChI is InChI=1S/C25H27N5OS/c1-16-4-7-19(8-5-16)22-15-30-24(27-22)32-25(28-30)29-12-10-20(11-13-29)23(31)26-21-9-6-17(2)18(3)14-21/h4-9,14-15,20H,10-13H2,1-3H3,(H,26,31). The fraction of sp³-hybridized carbons (Fsp3) is 0.320. The molecular formula is C25H27N5OS. The van der Waals surface area contributed by atoms with Crippen LogP contribution in [0.1, 0.15) is 29.5 Å². The molecule has 7 heteroatoms. The number of hydrogen-bond donors (Lipinski definition) is 1. The highest BCUT2D eigenvalue weighted by Gasteiger charge is 2.27. The maximum absolute atomic E-state index is 12.7. The molecule has 2 aromatic carbocycles. The van der Waals surface area contributed by atoms with Crippen LogP contribution in [-0.4, -0.2) is 33.6 Å². The molecule has 5 rings (SSSR count). The number of nitrogens with one attached hydrogen (secondary N) is 1. The minimum atomic E-state index is 0.0324. The maximum Gasteiger partial charge on any atom is 0.227 e. The van der Waals surface area contributed by atoms with Gasteiger partial charge in [-0.25, -0.2) is 9.50 Å². The molecule has 0 bridgehead atoms. The molecule has 1 amide bonds.